The van der Waals surface area contributed by atoms with E-state index in [4.69, 9.17) is 0 Å². The third kappa shape index (κ3) is 3.29. The minimum atomic E-state index is 0.534. The zero-order valence-electron chi connectivity index (χ0n) is 7.72. The van der Waals surface area contributed by atoms with E-state index in [1.807, 2.05) is 0 Å². The maximum absolute atomic E-state index is 2.40. The van der Waals surface area contributed by atoms with Crippen LogP contribution in [0.1, 0.15) is 33.6 Å². The van der Waals surface area contributed by atoms with E-state index in [0.29, 0.717) is 4.08 Å². The molecule has 1 fully saturated rings. The van der Waals surface area contributed by atoms with Gasteiger partial charge in [0.1, 0.15) is 0 Å². The van der Waals surface area contributed by atoms with Gasteiger partial charge >= 0.3 is 0 Å². The summed E-state index contributed by atoms with van der Waals surface area (Å²) in [6.45, 7) is 7.05. The Balaban J connectivity index is 2.37. The lowest BCUT2D eigenvalue weighted by Crippen LogP contribution is -2.22. The zero-order valence-corrected chi connectivity index (χ0v) is 9.36. The van der Waals surface area contributed by atoms with Crippen LogP contribution in [0.5, 0.6) is 0 Å². The molecule has 0 amide bonds. The number of rotatable bonds is 2. The highest BCUT2D eigenvalue weighted by molar-refractivity contribution is 8.18. The third-order valence-electron chi connectivity index (χ3n) is 1.88. The Morgan fingerprint density at radius 1 is 1.27 bits per heavy atom. The van der Waals surface area contributed by atoms with E-state index in [1.54, 1.807) is 0 Å². The molecule has 0 N–H and O–H groups in total. The Labute approximate surface area is 78.9 Å². The predicted octanol–water partition coefficient (Wildman–Crippen LogP) is 3.62. The molecule has 0 aliphatic carbocycles. The van der Waals surface area contributed by atoms with Crippen LogP contribution in [0.4, 0.5) is 0 Å². The fraction of sp³-hybridized carbons (Fsp3) is 1.00. The van der Waals surface area contributed by atoms with Crippen molar-refractivity contribution in [3.63, 3.8) is 0 Å². The first-order valence-corrected chi connectivity index (χ1v) is 6.37. The Bertz CT molecular complexity index is 115. The highest BCUT2D eigenvalue weighted by atomic mass is 32.2. The first-order valence-electron chi connectivity index (χ1n) is 4.40. The van der Waals surface area contributed by atoms with Crippen molar-refractivity contribution in [3.05, 3.63) is 0 Å². The van der Waals surface area contributed by atoms with Gasteiger partial charge in [0.2, 0.25) is 0 Å². The van der Waals surface area contributed by atoms with Gasteiger partial charge in [0.25, 0.3) is 0 Å². The van der Waals surface area contributed by atoms with Crippen LogP contribution in [-0.4, -0.2) is 15.6 Å². The highest BCUT2D eigenvalue weighted by Gasteiger charge is 2.28. The molecule has 0 unspecified atom stereocenters. The normalized spacial score (nSPS) is 24.0. The summed E-state index contributed by atoms with van der Waals surface area (Å²) >= 11 is 4.31. The smallest absolute Gasteiger partial charge is 0.0585 e. The molecular weight excluding hydrogens is 172 g/mol. The summed E-state index contributed by atoms with van der Waals surface area (Å²) < 4.78 is 0.534. The second-order valence-corrected chi connectivity index (χ2v) is 7.24. The van der Waals surface area contributed by atoms with Crippen molar-refractivity contribution in [2.75, 3.05) is 11.5 Å². The van der Waals surface area contributed by atoms with Crippen LogP contribution in [-0.2, 0) is 0 Å². The van der Waals surface area contributed by atoms with E-state index in [0.717, 1.165) is 5.92 Å². The molecule has 1 saturated heterocycles. The van der Waals surface area contributed by atoms with Crippen molar-refractivity contribution < 1.29 is 0 Å². The van der Waals surface area contributed by atoms with Crippen molar-refractivity contribution in [1.82, 2.24) is 0 Å². The largest absolute Gasteiger partial charge is 0.144 e. The maximum atomic E-state index is 2.40. The molecule has 0 aromatic rings. The van der Waals surface area contributed by atoms with Gasteiger partial charge in [-0.1, -0.05) is 13.8 Å². The van der Waals surface area contributed by atoms with E-state index < -0.39 is 0 Å². The molecular formula is C9H18S2. The van der Waals surface area contributed by atoms with Crippen LogP contribution >= 0.6 is 23.5 Å². The summed E-state index contributed by atoms with van der Waals surface area (Å²) in [5.41, 5.74) is 0. The molecule has 0 spiro atoms. The minimum absolute atomic E-state index is 0.534. The molecule has 66 valence electrons. The second kappa shape index (κ2) is 4.08. The first kappa shape index (κ1) is 9.79. The van der Waals surface area contributed by atoms with E-state index in [1.165, 1.54) is 24.3 Å². The van der Waals surface area contributed by atoms with Gasteiger partial charge in [-0.25, -0.2) is 0 Å². The lowest BCUT2D eigenvalue weighted by atomic mass is 10.1. The fourth-order valence-electron chi connectivity index (χ4n) is 1.54. The lowest BCUT2D eigenvalue weighted by molar-refractivity contribution is 0.563. The van der Waals surface area contributed by atoms with Crippen molar-refractivity contribution >= 4 is 23.5 Å². The van der Waals surface area contributed by atoms with Gasteiger partial charge in [-0.3, -0.25) is 0 Å². The third-order valence-corrected chi connectivity index (χ3v) is 5.13. The van der Waals surface area contributed by atoms with Crippen LogP contribution in [0.15, 0.2) is 0 Å². The Morgan fingerprint density at radius 2 is 1.82 bits per heavy atom. The topological polar surface area (TPSA) is 0 Å². The van der Waals surface area contributed by atoms with Gasteiger partial charge in [-0.2, -0.15) is 0 Å². The molecule has 2 heteroatoms. The number of hydrogen-bond donors (Lipinski definition) is 0. The van der Waals surface area contributed by atoms with Crippen molar-refractivity contribution in [2.24, 2.45) is 5.92 Å². The molecule has 1 aliphatic heterocycles. The molecule has 11 heavy (non-hydrogen) atoms. The average Bonchev–Trinajstić information content (AvgIpc) is 1.85. The lowest BCUT2D eigenvalue weighted by Gasteiger charge is -2.33. The summed E-state index contributed by atoms with van der Waals surface area (Å²) in [5, 5.41) is 0. The van der Waals surface area contributed by atoms with Gasteiger partial charge < -0.3 is 0 Å². The molecule has 0 nitrogen and oxygen atoms in total. The standard InChI is InChI=1S/C9H18S2/c1-8(2)7-9(3)10-5-4-6-11-9/h8H,4-7H2,1-3H3. The minimum Gasteiger partial charge on any atom is -0.144 e. The average molecular weight is 190 g/mol. The Hall–Kier alpha value is 0.700. The summed E-state index contributed by atoms with van der Waals surface area (Å²) in [6.07, 6.45) is 2.77. The summed E-state index contributed by atoms with van der Waals surface area (Å²) in [5.74, 6) is 3.59. The molecule has 0 bridgehead atoms. The number of hydrogen-bond acceptors (Lipinski definition) is 2. The van der Waals surface area contributed by atoms with E-state index in [-0.39, 0.29) is 0 Å². The van der Waals surface area contributed by atoms with Gasteiger partial charge in [0.15, 0.2) is 0 Å². The van der Waals surface area contributed by atoms with E-state index in [2.05, 4.69) is 44.3 Å². The molecule has 0 aromatic heterocycles. The Morgan fingerprint density at radius 3 is 2.27 bits per heavy atom. The molecule has 0 aromatic carbocycles. The van der Waals surface area contributed by atoms with E-state index >= 15 is 0 Å². The summed E-state index contributed by atoms with van der Waals surface area (Å²) in [7, 11) is 0. The van der Waals surface area contributed by atoms with Gasteiger partial charge in [0.05, 0.1) is 4.08 Å². The zero-order chi connectivity index (χ0) is 8.32. The SMILES string of the molecule is CC(C)CC1(C)SCCCS1. The summed E-state index contributed by atoms with van der Waals surface area (Å²) in [6, 6.07) is 0. The highest BCUT2D eigenvalue weighted by Crippen LogP contribution is 2.45. The van der Waals surface area contributed by atoms with Crippen LogP contribution in [0.3, 0.4) is 0 Å². The molecule has 1 heterocycles. The monoisotopic (exact) mass is 190 g/mol. The molecule has 1 aliphatic rings. The fourth-order valence-corrected chi connectivity index (χ4v) is 4.90. The number of thioether (sulfide) groups is 2. The van der Waals surface area contributed by atoms with Crippen LogP contribution in [0.25, 0.3) is 0 Å². The van der Waals surface area contributed by atoms with Crippen molar-refractivity contribution in [2.45, 2.75) is 37.7 Å². The van der Waals surface area contributed by atoms with Crippen LogP contribution < -0.4 is 0 Å². The van der Waals surface area contributed by atoms with Gasteiger partial charge in [-0.05, 0) is 37.2 Å². The maximum Gasteiger partial charge on any atom is 0.0585 e. The Kier molecular flexibility index (Phi) is 3.63. The molecule has 1 rings (SSSR count). The quantitative estimate of drug-likeness (QED) is 0.652. The summed E-state index contributed by atoms with van der Waals surface area (Å²) in [4.78, 5) is 0. The van der Waals surface area contributed by atoms with Crippen molar-refractivity contribution in [3.8, 4) is 0 Å². The van der Waals surface area contributed by atoms with E-state index in [9.17, 15) is 0 Å². The predicted molar refractivity (Wildman–Crippen MR) is 57.4 cm³/mol. The van der Waals surface area contributed by atoms with Gasteiger partial charge in [0, 0.05) is 0 Å². The molecule has 0 atom stereocenters. The molecule has 0 radical (unpaired) electrons. The molecule has 0 saturated carbocycles. The second-order valence-electron chi connectivity index (χ2n) is 3.78. The van der Waals surface area contributed by atoms with Crippen LogP contribution in [0.2, 0.25) is 0 Å². The van der Waals surface area contributed by atoms with Crippen molar-refractivity contribution in [1.29, 1.82) is 0 Å². The first-order chi connectivity index (χ1) is 5.12. The van der Waals surface area contributed by atoms with Crippen LogP contribution in [0, 0.1) is 5.92 Å². The van der Waals surface area contributed by atoms with Gasteiger partial charge in [-0.15, -0.1) is 23.5 Å².